The highest BCUT2D eigenvalue weighted by Crippen LogP contribution is 2.21. The lowest BCUT2D eigenvalue weighted by Gasteiger charge is -2.05. The lowest BCUT2D eigenvalue weighted by molar-refractivity contribution is 0.481. The topological polar surface area (TPSA) is 55.9 Å². The Kier molecular flexibility index (Phi) is 4.37. The lowest BCUT2D eigenvalue weighted by atomic mass is 10.3. The van der Waals surface area contributed by atoms with E-state index in [-0.39, 0.29) is 0 Å². The van der Waals surface area contributed by atoms with Crippen molar-refractivity contribution in [3.63, 3.8) is 0 Å². The Balaban J connectivity index is 1.94. The average molecular weight is 262 g/mol. The van der Waals surface area contributed by atoms with Crippen molar-refractivity contribution in [2.45, 2.75) is 39.7 Å². The highest BCUT2D eigenvalue weighted by atomic mass is 16.4. The molecule has 0 amide bonds. The molecule has 1 N–H and O–H groups in total. The number of hydrogen-bond donors (Lipinski definition) is 1. The number of rotatable bonds is 6. The molecule has 2 aromatic rings. The van der Waals surface area contributed by atoms with Gasteiger partial charge >= 0.3 is 0 Å². The minimum absolute atomic E-state index is 0.525. The molecule has 0 saturated heterocycles. The molecule has 0 bridgehead atoms. The summed E-state index contributed by atoms with van der Waals surface area (Å²) in [7, 11) is 1.91. The van der Waals surface area contributed by atoms with Crippen LogP contribution >= 0.6 is 0 Å². The number of aryl methyl sites for hydroxylation is 3. The van der Waals surface area contributed by atoms with Crippen LogP contribution < -0.4 is 5.32 Å². The Morgan fingerprint density at radius 3 is 2.84 bits per heavy atom. The third-order valence-electron chi connectivity index (χ3n) is 2.93. The van der Waals surface area contributed by atoms with Crippen LogP contribution in [0.25, 0.3) is 11.5 Å². The first-order valence-electron chi connectivity index (χ1n) is 6.75. The van der Waals surface area contributed by atoms with Gasteiger partial charge < -0.3 is 9.73 Å². The highest BCUT2D eigenvalue weighted by molar-refractivity contribution is 5.51. The molecular weight excluding hydrogens is 240 g/mol. The number of nitrogens with zero attached hydrogens (tertiary/aromatic N) is 3. The van der Waals surface area contributed by atoms with E-state index in [1.807, 2.05) is 24.7 Å². The first-order chi connectivity index (χ1) is 9.06. The Morgan fingerprint density at radius 2 is 2.21 bits per heavy atom. The van der Waals surface area contributed by atoms with Crippen molar-refractivity contribution in [1.29, 1.82) is 0 Å². The van der Waals surface area contributed by atoms with E-state index in [1.165, 1.54) is 0 Å². The summed E-state index contributed by atoms with van der Waals surface area (Å²) in [6, 6.07) is 2.53. The number of hydrogen-bond acceptors (Lipinski definition) is 4. The fraction of sp³-hybridized carbons (Fsp3) is 0.571. The summed E-state index contributed by atoms with van der Waals surface area (Å²) < 4.78 is 7.59. The number of nitrogens with one attached hydrogen (secondary N) is 1. The maximum atomic E-state index is 5.77. The van der Waals surface area contributed by atoms with Crippen LogP contribution in [0.4, 0.5) is 0 Å². The number of aromatic nitrogens is 3. The summed E-state index contributed by atoms with van der Waals surface area (Å²) >= 11 is 0. The van der Waals surface area contributed by atoms with Gasteiger partial charge in [0.2, 0.25) is 0 Å². The van der Waals surface area contributed by atoms with E-state index in [0.717, 1.165) is 42.4 Å². The smallest absolute Gasteiger partial charge is 0.195 e. The summed E-state index contributed by atoms with van der Waals surface area (Å²) in [5, 5.41) is 7.69. The number of oxazole rings is 1. The van der Waals surface area contributed by atoms with Crippen LogP contribution in [-0.2, 0) is 13.5 Å². The van der Waals surface area contributed by atoms with Crippen LogP contribution in [0.3, 0.4) is 0 Å². The molecule has 5 nitrogen and oxygen atoms in total. The maximum Gasteiger partial charge on any atom is 0.195 e. The van der Waals surface area contributed by atoms with Gasteiger partial charge in [0.05, 0.1) is 11.9 Å². The van der Waals surface area contributed by atoms with Gasteiger partial charge in [0.1, 0.15) is 5.69 Å². The van der Waals surface area contributed by atoms with Crippen molar-refractivity contribution in [2.24, 2.45) is 7.05 Å². The molecule has 0 spiro atoms. The van der Waals surface area contributed by atoms with E-state index < -0.39 is 0 Å². The van der Waals surface area contributed by atoms with Crippen molar-refractivity contribution < 1.29 is 4.42 Å². The second-order valence-electron chi connectivity index (χ2n) is 5.13. The highest BCUT2D eigenvalue weighted by Gasteiger charge is 2.10. The molecule has 0 aliphatic heterocycles. The van der Waals surface area contributed by atoms with Gasteiger partial charge in [-0.1, -0.05) is 13.8 Å². The van der Waals surface area contributed by atoms with Crippen LogP contribution in [0.15, 0.2) is 16.7 Å². The van der Waals surface area contributed by atoms with Crippen LogP contribution in [0, 0.1) is 6.92 Å². The minimum Gasteiger partial charge on any atom is -0.439 e. The van der Waals surface area contributed by atoms with Gasteiger partial charge in [-0.3, -0.25) is 4.68 Å². The fourth-order valence-electron chi connectivity index (χ4n) is 2.02. The summed E-state index contributed by atoms with van der Waals surface area (Å²) in [5.74, 6) is 1.58. The zero-order chi connectivity index (χ0) is 13.8. The van der Waals surface area contributed by atoms with Crippen molar-refractivity contribution in [1.82, 2.24) is 20.1 Å². The molecule has 104 valence electrons. The van der Waals surface area contributed by atoms with Gasteiger partial charge in [-0.15, -0.1) is 0 Å². The Hall–Kier alpha value is -1.62. The van der Waals surface area contributed by atoms with Crippen LogP contribution in [-0.4, -0.2) is 27.4 Å². The molecule has 0 aromatic carbocycles. The third kappa shape index (κ3) is 3.67. The molecular formula is C14H22N4O. The van der Waals surface area contributed by atoms with Crippen molar-refractivity contribution in [2.75, 3.05) is 6.54 Å². The summed E-state index contributed by atoms with van der Waals surface area (Å²) in [5.41, 5.74) is 1.95. The fourth-order valence-corrected chi connectivity index (χ4v) is 2.02. The summed E-state index contributed by atoms with van der Waals surface area (Å²) in [6.45, 7) is 7.25. The Labute approximate surface area is 114 Å². The molecule has 2 heterocycles. The van der Waals surface area contributed by atoms with Gasteiger partial charge in [-0.25, -0.2) is 4.98 Å². The SMILES string of the molecule is Cc1cc(-c2cnc(CCCNC(C)C)o2)n(C)n1. The van der Waals surface area contributed by atoms with Crippen molar-refractivity contribution >= 4 is 0 Å². The first-order valence-corrected chi connectivity index (χ1v) is 6.75. The molecule has 0 aliphatic rings. The first kappa shape index (κ1) is 13.8. The largest absolute Gasteiger partial charge is 0.439 e. The zero-order valence-corrected chi connectivity index (χ0v) is 12.1. The molecule has 0 saturated carbocycles. The molecule has 19 heavy (non-hydrogen) atoms. The van der Waals surface area contributed by atoms with Crippen molar-refractivity contribution in [3.8, 4) is 11.5 Å². The molecule has 0 aliphatic carbocycles. The van der Waals surface area contributed by atoms with Gasteiger partial charge in [0, 0.05) is 19.5 Å². The van der Waals surface area contributed by atoms with Crippen LogP contribution in [0.1, 0.15) is 31.9 Å². The lowest BCUT2D eigenvalue weighted by Crippen LogP contribution is -2.23. The predicted octanol–water partition coefficient (Wildman–Crippen LogP) is 2.31. The summed E-state index contributed by atoms with van der Waals surface area (Å²) in [6.07, 6.45) is 3.67. The van der Waals surface area contributed by atoms with Gasteiger partial charge in [-0.05, 0) is 26.0 Å². The van der Waals surface area contributed by atoms with E-state index in [4.69, 9.17) is 4.42 Å². The predicted molar refractivity (Wildman–Crippen MR) is 74.9 cm³/mol. The Morgan fingerprint density at radius 1 is 1.42 bits per heavy atom. The zero-order valence-electron chi connectivity index (χ0n) is 12.1. The summed E-state index contributed by atoms with van der Waals surface area (Å²) in [4.78, 5) is 4.32. The van der Waals surface area contributed by atoms with E-state index in [9.17, 15) is 0 Å². The average Bonchev–Trinajstić information content (AvgIpc) is 2.91. The molecule has 2 aromatic heterocycles. The van der Waals surface area contributed by atoms with Crippen LogP contribution in [0.5, 0.6) is 0 Å². The Bertz CT molecular complexity index is 527. The molecule has 0 atom stereocenters. The van der Waals surface area contributed by atoms with E-state index in [1.54, 1.807) is 6.20 Å². The molecule has 5 heteroatoms. The van der Waals surface area contributed by atoms with Gasteiger partial charge in [-0.2, -0.15) is 5.10 Å². The second-order valence-corrected chi connectivity index (χ2v) is 5.13. The van der Waals surface area contributed by atoms with Gasteiger partial charge in [0.15, 0.2) is 11.7 Å². The quantitative estimate of drug-likeness (QED) is 0.812. The van der Waals surface area contributed by atoms with Crippen molar-refractivity contribution in [3.05, 3.63) is 23.8 Å². The molecule has 0 radical (unpaired) electrons. The normalized spacial score (nSPS) is 11.4. The third-order valence-corrected chi connectivity index (χ3v) is 2.93. The maximum absolute atomic E-state index is 5.77. The molecule has 0 unspecified atom stereocenters. The van der Waals surface area contributed by atoms with E-state index >= 15 is 0 Å². The van der Waals surface area contributed by atoms with Crippen LogP contribution in [0.2, 0.25) is 0 Å². The molecule has 0 fully saturated rings. The second kappa shape index (κ2) is 6.02. The van der Waals surface area contributed by atoms with E-state index in [2.05, 4.69) is 29.2 Å². The van der Waals surface area contributed by atoms with E-state index in [0.29, 0.717) is 6.04 Å². The molecule has 2 rings (SSSR count). The minimum atomic E-state index is 0.525. The van der Waals surface area contributed by atoms with Gasteiger partial charge in [0.25, 0.3) is 0 Å². The monoisotopic (exact) mass is 262 g/mol. The standard InChI is InChI=1S/C14H22N4O/c1-10(2)15-7-5-6-14-16-9-13(19-14)12-8-11(3)17-18(12)4/h8-10,15H,5-7H2,1-4H3.